The van der Waals surface area contributed by atoms with Gasteiger partial charge in [0.2, 0.25) is 0 Å². The van der Waals surface area contributed by atoms with Crippen LogP contribution in [0.25, 0.3) is 0 Å². The van der Waals surface area contributed by atoms with Crippen LogP contribution < -0.4 is 0 Å². The van der Waals surface area contributed by atoms with Crippen molar-refractivity contribution < 1.29 is 18.9 Å². The summed E-state index contributed by atoms with van der Waals surface area (Å²) in [6.07, 6.45) is 2.52. The first-order chi connectivity index (χ1) is 6.86. The minimum absolute atomic E-state index is 0.0711. The first-order valence-electron chi connectivity index (χ1n) is 5.28. The van der Waals surface area contributed by atoms with Crippen molar-refractivity contribution in [2.45, 2.75) is 44.4 Å². The summed E-state index contributed by atoms with van der Waals surface area (Å²) in [5.74, 6) is 0. The van der Waals surface area contributed by atoms with E-state index in [-0.39, 0.29) is 24.6 Å². The predicted molar refractivity (Wildman–Crippen MR) is 50.1 cm³/mol. The average Bonchev–Trinajstić information content (AvgIpc) is 2.92. The Kier molecular flexibility index (Phi) is 3.38. The van der Waals surface area contributed by atoms with Gasteiger partial charge in [0.1, 0.15) is 18.3 Å². The molecule has 4 nitrogen and oxygen atoms in total. The Labute approximate surface area is 84.5 Å². The van der Waals surface area contributed by atoms with Crippen molar-refractivity contribution in [1.82, 2.24) is 0 Å². The van der Waals surface area contributed by atoms with Gasteiger partial charge < -0.3 is 18.9 Å². The Bertz CT molecular complexity index is 185. The molecule has 0 spiro atoms. The van der Waals surface area contributed by atoms with E-state index in [4.69, 9.17) is 18.9 Å². The third-order valence-electron chi connectivity index (χ3n) is 2.66. The molecule has 2 heterocycles. The maximum Gasteiger partial charge on any atom is 0.186 e. The summed E-state index contributed by atoms with van der Waals surface area (Å²) < 4.78 is 21.6. The van der Waals surface area contributed by atoms with Gasteiger partial charge >= 0.3 is 0 Å². The summed E-state index contributed by atoms with van der Waals surface area (Å²) in [5.41, 5.74) is 0. The van der Waals surface area contributed by atoms with Crippen molar-refractivity contribution in [2.75, 3.05) is 20.3 Å². The Morgan fingerprint density at radius 2 is 2.07 bits per heavy atom. The van der Waals surface area contributed by atoms with Crippen LogP contribution in [0.1, 0.15) is 19.8 Å². The van der Waals surface area contributed by atoms with Crippen LogP contribution in [-0.2, 0) is 18.9 Å². The molecule has 0 aromatic heterocycles. The number of hydrogen-bond acceptors (Lipinski definition) is 4. The van der Waals surface area contributed by atoms with Gasteiger partial charge in [0.25, 0.3) is 0 Å². The van der Waals surface area contributed by atoms with Crippen LogP contribution in [-0.4, -0.2) is 44.9 Å². The molecule has 1 unspecified atom stereocenters. The summed E-state index contributed by atoms with van der Waals surface area (Å²) in [5, 5.41) is 0. The van der Waals surface area contributed by atoms with Crippen molar-refractivity contribution in [1.29, 1.82) is 0 Å². The fraction of sp³-hybridized carbons (Fsp3) is 1.00. The molecule has 0 aromatic rings. The minimum Gasteiger partial charge on any atom is -0.379 e. The van der Waals surface area contributed by atoms with Crippen LogP contribution in [0.4, 0.5) is 0 Å². The van der Waals surface area contributed by atoms with Crippen LogP contribution in [0.15, 0.2) is 0 Å². The summed E-state index contributed by atoms with van der Waals surface area (Å²) in [6, 6.07) is 0. The summed E-state index contributed by atoms with van der Waals surface area (Å²) in [4.78, 5) is 0. The standard InChI is InChI=1S/C10H18O4/c1-3-4-5-12-6-7-8-9(14-8)10(11-2)13-7/h7-10H,3-6H2,1-2H3/t7-,8?,9-,10-/m1/s1. The van der Waals surface area contributed by atoms with E-state index < -0.39 is 0 Å². The Balaban J connectivity index is 1.63. The molecule has 0 aromatic carbocycles. The molecule has 2 saturated heterocycles. The first kappa shape index (κ1) is 10.4. The lowest BCUT2D eigenvalue weighted by atomic mass is 10.2. The molecule has 2 fully saturated rings. The third kappa shape index (κ3) is 2.08. The van der Waals surface area contributed by atoms with Gasteiger partial charge in [-0.3, -0.25) is 0 Å². The van der Waals surface area contributed by atoms with E-state index in [2.05, 4.69) is 6.92 Å². The van der Waals surface area contributed by atoms with Gasteiger partial charge in [-0.2, -0.15) is 0 Å². The average molecular weight is 202 g/mol. The van der Waals surface area contributed by atoms with E-state index in [9.17, 15) is 0 Å². The molecule has 0 amide bonds. The van der Waals surface area contributed by atoms with Crippen LogP contribution >= 0.6 is 0 Å². The molecule has 0 radical (unpaired) electrons. The fourth-order valence-corrected chi connectivity index (χ4v) is 1.75. The summed E-state index contributed by atoms with van der Waals surface area (Å²) >= 11 is 0. The molecule has 4 atom stereocenters. The molecule has 2 rings (SSSR count). The largest absolute Gasteiger partial charge is 0.379 e. The van der Waals surface area contributed by atoms with E-state index in [1.807, 2.05) is 0 Å². The maximum atomic E-state index is 5.58. The Morgan fingerprint density at radius 3 is 2.71 bits per heavy atom. The number of hydrogen-bond donors (Lipinski definition) is 0. The number of fused-ring (bicyclic) bond motifs is 1. The highest BCUT2D eigenvalue weighted by molar-refractivity contribution is 5.00. The lowest BCUT2D eigenvalue weighted by Gasteiger charge is -2.16. The van der Waals surface area contributed by atoms with Crippen LogP contribution in [0.3, 0.4) is 0 Å². The van der Waals surface area contributed by atoms with Gasteiger partial charge in [-0.15, -0.1) is 0 Å². The third-order valence-corrected chi connectivity index (χ3v) is 2.66. The number of methoxy groups -OCH3 is 1. The predicted octanol–water partition coefficient (Wildman–Crippen LogP) is 0.942. The van der Waals surface area contributed by atoms with E-state index in [1.165, 1.54) is 0 Å². The van der Waals surface area contributed by atoms with Crippen LogP contribution in [0.5, 0.6) is 0 Å². The molecule has 0 bridgehead atoms. The van der Waals surface area contributed by atoms with Crippen molar-refractivity contribution in [3.63, 3.8) is 0 Å². The normalized spacial score (nSPS) is 39.9. The fourth-order valence-electron chi connectivity index (χ4n) is 1.75. The molecule has 2 aliphatic rings. The van der Waals surface area contributed by atoms with Crippen molar-refractivity contribution in [3.8, 4) is 0 Å². The number of ether oxygens (including phenoxy) is 4. The highest BCUT2D eigenvalue weighted by atomic mass is 16.8. The van der Waals surface area contributed by atoms with Gasteiger partial charge in [-0.1, -0.05) is 13.3 Å². The van der Waals surface area contributed by atoms with Gasteiger partial charge in [-0.25, -0.2) is 0 Å². The van der Waals surface area contributed by atoms with Crippen molar-refractivity contribution >= 4 is 0 Å². The summed E-state index contributed by atoms with van der Waals surface area (Å²) in [7, 11) is 1.64. The van der Waals surface area contributed by atoms with Gasteiger partial charge in [0.05, 0.1) is 6.61 Å². The Morgan fingerprint density at radius 1 is 1.21 bits per heavy atom. The zero-order chi connectivity index (χ0) is 9.97. The topological polar surface area (TPSA) is 40.2 Å². The van der Waals surface area contributed by atoms with E-state index in [1.54, 1.807) is 7.11 Å². The minimum atomic E-state index is -0.181. The molecule has 2 aliphatic heterocycles. The smallest absolute Gasteiger partial charge is 0.186 e. The monoisotopic (exact) mass is 202 g/mol. The summed E-state index contributed by atoms with van der Waals surface area (Å²) in [6.45, 7) is 3.59. The zero-order valence-corrected chi connectivity index (χ0v) is 8.77. The van der Waals surface area contributed by atoms with E-state index in [0.717, 1.165) is 19.4 Å². The molecule has 14 heavy (non-hydrogen) atoms. The highest BCUT2D eigenvalue weighted by Gasteiger charge is 2.58. The number of unbranched alkanes of at least 4 members (excludes halogenated alkanes) is 1. The second-order valence-electron chi connectivity index (χ2n) is 3.77. The first-order valence-corrected chi connectivity index (χ1v) is 5.28. The molecule has 0 N–H and O–H groups in total. The van der Waals surface area contributed by atoms with E-state index >= 15 is 0 Å². The SMILES string of the molecule is CCCCOC[C@H]1O[C@@H](OC)[C@@H]2OC21. The molecule has 4 heteroatoms. The Hall–Kier alpha value is -0.160. The number of epoxide rings is 1. The quantitative estimate of drug-likeness (QED) is 0.475. The second-order valence-corrected chi connectivity index (χ2v) is 3.77. The molecule has 82 valence electrons. The van der Waals surface area contributed by atoms with E-state index in [0.29, 0.717) is 6.61 Å². The van der Waals surface area contributed by atoms with Crippen LogP contribution in [0, 0.1) is 0 Å². The van der Waals surface area contributed by atoms with Crippen LogP contribution in [0.2, 0.25) is 0 Å². The molecular weight excluding hydrogens is 184 g/mol. The van der Waals surface area contributed by atoms with Gasteiger partial charge in [-0.05, 0) is 6.42 Å². The van der Waals surface area contributed by atoms with Crippen molar-refractivity contribution in [3.05, 3.63) is 0 Å². The maximum absolute atomic E-state index is 5.58. The molecule has 0 saturated carbocycles. The van der Waals surface area contributed by atoms with Gasteiger partial charge in [0, 0.05) is 13.7 Å². The lowest BCUT2D eigenvalue weighted by molar-refractivity contribution is -0.170. The highest BCUT2D eigenvalue weighted by Crippen LogP contribution is 2.39. The number of rotatable bonds is 6. The molecular formula is C10H18O4. The molecule has 0 aliphatic carbocycles. The van der Waals surface area contributed by atoms with Gasteiger partial charge in [0.15, 0.2) is 6.29 Å². The lowest BCUT2D eigenvalue weighted by Crippen LogP contribution is -2.25. The van der Waals surface area contributed by atoms with Crippen molar-refractivity contribution in [2.24, 2.45) is 0 Å². The zero-order valence-electron chi connectivity index (χ0n) is 8.77. The second kappa shape index (κ2) is 4.57.